The Bertz CT molecular complexity index is 962. The van der Waals surface area contributed by atoms with Gasteiger partial charge in [-0.3, -0.25) is 4.79 Å². The van der Waals surface area contributed by atoms with Gasteiger partial charge in [-0.2, -0.15) is 5.26 Å². The normalized spacial score (nSPS) is 20.1. The lowest BCUT2D eigenvalue weighted by Gasteiger charge is -2.21. The van der Waals surface area contributed by atoms with Crippen molar-refractivity contribution in [1.82, 2.24) is 0 Å². The van der Waals surface area contributed by atoms with E-state index in [1.165, 1.54) is 0 Å². The van der Waals surface area contributed by atoms with Gasteiger partial charge in [-0.15, -0.1) is 0 Å². The monoisotopic (exact) mass is 428 g/mol. The maximum absolute atomic E-state index is 12.7. The van der Waals surface area contributed by atoms with E-state index in [2.05, 4.69) is 6.07 Å². The Morgan fingerprint density at radius 2 is 1.83 bits per heavy atom. The fourth-order valence-corrected chi connectivity index (χ4v) is 3.90. The van der Waals surface area contributed by atoms with E-state index >= 15 is 0 Å². The van der Waals surface area contributed by atoms with Crippen molar-refractivity contribution < 1.29 is 9.53 Å². The van der Waals surface area contributed by atoms with Crippen LogP contribution in [0.2, 0.25) is 0 Å². The fourth-order valence-electron chi connectivity index (χ4n) is 3.63. The summed E-state index contributed by atoms with van der Waals surface area (Å²) in [5.41, 5.74) is 2.23. The van der Waals surface area contributed by atoms with Gasteiger partial charge in [-0.1, -0.05) is 67.4 Å². The molecule has 0 aliphatic heterocycles. The first-order chi connectivity index (χ1) is 13.8. The van der Waals surface area contributed by atoms with Crippen LogP contribution in [0.1, 0.15) is 25.5 Å². The topological polar surface area (TPSA) is 53.3 Å². The second-order valence-corrected chi connectivity index (χ2v) is 8.72. The molecule has 0 heterocycles. The molecule has 0 bridgehead atoms. The van der Waals surface area contributed by atoms with Crippen molar-refractivity contribution in [3.63, 3.8) is 0 Å². The number of esters is 1. The number of carbonyl (C=O) groups excluding carboxylic acids is 1. The number of ether oxygens (including phenoxy) is 1. The average Bonchev–Trinajstić information content (AvgIpc) is 3.25. The molecule has 4 nitrogen and oxygen atoms in total. The number of carbonyl (C=O) groups is 1. The number of anilines is 2. The minimum atomic E-state index is -0.987. The first-order valence-electron chi connectivity index (χ1n) is 9.27. The van der Waals surface area contributed by atoms with Crippen molar-refractivity contribution in [2.24, 2.45) is 17.3 Å². The molecule has 3 rings (SSSR count). The third kappa shape index (κ3) is 4.58. The lowest BCUT2D eigenvalue weighted by atomic mass is 10.1. The molecule has 0 saturated heterocycles. The molecule has 1 aliphatic carbocycles. The van der Waals surface area contributed by atoms with Gasteiger partial charge in [-0.05, 0) is 41.7 Å². The molecule has 3 unspecified atom stereocenters. The summed E-state index contributed by atoms with van der Waals surface area (Å²) < 4.78 is 5.69. The molecule has 0 spiro atoms. The van der Waals surface area contributed by atoms with E-state index in [1.807, 2.05) is 74.3 Å². The summed E-state index contributed by atoms with van der Waals surface area (Å²) in [5.74, 6) is -0.893. The highest BCUT2D eigenvalue weighted by atomic mass is 35.5. The van der Waals surface area contributed by atoms with Crippen LogP contribution in [0, 0.1) is 28.6 Å². The zero-order chi connectivity index (χ0) is 21.2. The minimum absolute atomic E-state index is 0.102. The first-order valence-corrected chi connectivity index (χ1v) is 10.0. The van der Waals surface area contributed by atoms with Crippen LogP contribution in [0.15, 0.2) is 65.2 Å². The van der Waals surface area contributed by atoms with Crippen molar-refractivity contribution in [2.75, 3.05) is 11.9 Å². The minimum Gasteiger partial charge on any atom is -0.442 e. The summed E-state index contributed by atoms with van der Waals surface area (Å²) >= 11 is 11.5. The smallest absolute Gasteiger partial charge is 0.311 e. The first kappa shape index (κ1) is 21.2. The summed E-state index contributed by atoms with van der Waals surface area (Å²) in [6.45, 7) is 3.90. The zero-order valence-electron chi connectivity index (χ0n) is 16.5. The summed E-state index contributed by atoms with van der Waals surface area (Å²) in [7, 11) is 1.95. The summed E-state index contributed by atoms with van der Waals surface area (Å²) in [5, 5.41) is 9.62. The summed E-state index contributed by atoms with van der Waals surface area (Å²) in [6.07, 6.45) is 0.672. The molecule has 1 saturated carbocycles. The average molecular weight is 429 g/mol. The predicted molar refractivity (Wildman–Crippen MR) is 116 cm³/mol. The lowest BCUT2D eigenvalue weighted by Crippen LogP contribution is -2.15. The number of nitriles is 1. The Kier molecular flexibility index (Phi) is 6.21. The maximum atomic E-state index is 12.7. The number of hydrogen-bond donors (Lipinski definition) is 0. The summed E-state index contributed by atoms with van der Waals surface area (Å²) in [4.78, 5) is 14.7. The number of allylic oxidation sites excluding steroid dienone is 1. The lowest BCUT2D eigenvalue weighted by molar-refractivity contribution is -0.149. The van der Waals surface area contributed by atoms with Crippen LogP contribution in [-0.4, -0.2) is 13.0 Å². The molecule has 29 heavy (non-hydrogen) atoms. The Labute approximate surface area is 181 Å². The Balaban J connectivity index is 1.77. The van der Waals surface area contributed by atoms with E-state index in [4.69, 9.17) is 27.9 Å². The third-order valence-electron chi connectivity index (χ3n) is 5.53. The highest BCUT2D eigenvalue weighted by Crippen LogP contribution is 2.60. The molecular weight excluding hydrogens is 407 g/mol. The van der Waals surface area contributed by atoms with Gasteiger partial charge in [0.1, 0.15) is 10.6 Å². The molecule has 6 heteroatoms. The molecule has 2 aromatic rings. The Morgan fingerprint density at radius 1 is 1.17 bits per heavy atom. The predicted octanol–water partition coefficient (Wildman–Crippen LogP) is 6.15. The summed E-state index contributed by atoms with van der Waals surface area (Å²) in [6, 6.07) is 19.4. The molecule has 1 aliphatic rings. The number of para-hydroxylation sites is 1. The van der Waals surface area contributed by atoms with Crippen molar-refractivity contribution in [3.05, 3.63) is 70.7 Å². The second kappa shape index (κ2) is 8.49. The molecule has 0 radical (unpaired) electrons. The van der Waals surface area contributed by atoms with Gasteiger partial charge in [0.15, 0.2) is 0 Å². The molecule has 0 amide bonds. The van der Waals surface area contributed by atoms with E-state index in [0.29, 0.717) is 5.56 Å². The van der Waals surface area contributed by atoms with E-state index in [9.17, 15) is 10.1 Å². The van der Waals surface area contributed by atoms with Gasteiger partial charge in [0.25, 0.3) is 0 Å². The number of benzene rings is 2. The van der Waals surface area contributed by atoms with Crippen LogP contribution in [0.3, 0.4) is 0 Å². The molecule has 150 valence electrons. The Morgan fingerprint density at radius 3 is 2.45 bits per heavy atom. The van der Waals surface area contributed by atoms with Crippen molar-refractivity contribution in [2.45, 2.75) is 20.0 Å². The quantitative estimate of drug-likeness (QED) is 0.517. The molecule has 1 fully saturated rings. The van der Waals surface area contributed by atoms with Crippen molar-refractivity contribution >= 4 is 40.5 Å². The van der Waals surface area contributed by atoms with Crippen LogP contribution >= 0.6 is 23.2 Å². The highest BCUT2D eigenvalue weighted by Gasteiger charge is 2.62. The van der Waals surface area contributed by atoms with Crippen LogP contribution in [-0.2, 0) is 9.53 Å². The van der Waals surface area contributed by atoms with E-state index in [1.54, 1.807) is 12.1 Å². The van der Waals surface area contributed by atoms with Gasteiger partial charge in [0.2, 0.25) is 6.10 Å². The van der Waals surface area contributed by atoms with E-state index in [0.717, 1.165) is 11.4 Å². The number of hydrogen-bond acceptors (Lipinski definition) is 4. The van der Waals surface area contributed by atoms with Crippen LogP contribution in [0.5, 0.6) is 0 Å². The standard InChI is InChI=1S/C23H22Cl2N2O2/c1-23(2)18(13-20(24)25)21(23)22(28)29-19(14-26)15-8-7-11-17(12-15)27(3)16-9-5-4-6-10-16/h4-13,18-19,21H,1-3H3. The Hall–Kier alpha value is -2.48. The largest absolute Gasteiger partial charge is 0.442 e. The van der Waals surface area contributed by atoms with Gasteiger partial charge in [-0.25, -0.2) is 0 Å². The second-order valence-electron chi connectivity index (χ2n) is 7.72. The third-order valence-corrected chi connectivity index (χ3v) is 5.78. The van der Waals surface area contributed by atoms with Gasteiger partial charge in [0, 0.05) is 24.0 Å². The molecule has 0 N–H and O–H groups in total. The SMILES string of the molecule is CN(c1ccccc1)c1cccc(C(C#N)OC(=O)C2C(C=C(Cl)Cl)C2(C)C)c1. The van der Waals surface area contributed by atoms with Crippen LogP contribution in [0.25, 0.3) is 0 Å². The van der Waals surface area contributed by atoms with Crippen LogP contribution in [0.4, 0.5) is 11.4 Å². The number of halogens is 2. The maximum Gasteiger partial charge on any atom is 0.311 e. The number of rotatable bonds is 6. The fraction of sp³-hybridized carbons (Fsp3) is 0.304. The molecule has 0 aromatic heterocycles. The molecule has 3 atom stereocenters. The molecular formula is C23H22Cl2N2O2. The van der Waals surface area contributed by atoms with Crippen molar-refractivity contribution in [1.29, 1.82) is 5.26 Å². The highest BCUT2D eigenvalue weighted by molar-refractivity contribution is 6.55. The van der Waals surface area contributed by atoms with E-state index in [-0.39, 0.29) is 21.7 Å². The van der Waals surface area contributed by atoms with E-state index < -0.39 is 12.1 Å². The van der Waals surface area contributed by atoms with Gasteiger partial charge >= 0.3 is 5.97 Å². The van der Waals surface area contributed by atoms with Crippen molar-refractivity contribution in [3.8, 4) is 6.07 Å². The van der Waals surface area contributed by atoms with Crippen LogP contribution < -0.4 is 4.90 Å². The molecule has 2 aromatic carbocycles. The van der Waals surface area contributed by atoms with Gasteiger partial charge in [0.05, 0.1) is 5.92 Å². The van der Waals surface area contributed by atoms with Gasteiger partial charge < -0.3 is 9.64 Å². The zero-order valence-corrected chi connectivity index (χ0v) is 18.0. The number of nitrogens with zero attached hydrogens (tertiary/aromatic N) is 2.